The summed E-state index contributed by atoms with van der Waals surface area (Å²) in [5.74, 6) is 0.638. The molecule has 0 saturated carbocycles. The number of rotatable bonds is 3. The van der Waals surface area contributed by atoms with E-state index in [0.29, 0.717) is 40.2 Å². The molecule has 2 aromatic heterocycles. The van der Waals surface area contributed by atoms with Crippen LogP contribution in [0.3, 0.4) is 0 Å². The van der Waals surface area contributed by atoms with Gasteiger partial charge in [-0.3, -0.25) is 14.2 Å². The van der Waals surface area contributed by atoms with E-state index in [1.54, 1.807) is 4.57 Å². The average molecular weight is 369 g/mol. The van der Waals surface area contributed by atoms with Gasteiger partial charge >= 0.3 is 0 Å². The molecule has 7 heteroatoms. The average Bonchev–Trinajstić information content (AvgIpc) is 3.00. The highest BCUT2D eigenvalue weighted by molar-refractivity contribution is 7.20. The fraction of sp³-hybridized carbons (Fsp3) is 0.316. The summed E-state index contributed by atoms with van der Waals surface area (Å²) in [6, 6.07) is 7.64. The summed E-state index contributed by atoms with van der Waals surface area (Å²) in [6.45, 7) is 4.83. The third-order valence-electron chi connectivity index (χ3n) is 4.73. The first kappa shape index (κ1) is 16.8. The summed E-state index contributed by atoms with van der Waals surface area (Å²) >= 11 is 1.27. The van der Waals surface area contributed by atoms with Crippen LogP contribution in [-0.4, -0.2) is 22.1 Å². The number of para-hydroxylation sites is 1. The molecule has 1 aromatic carbocycles. The van der Waals surface area contributed by atoms with E-state index in [0.717, 1.165) is 11.3 Å². The molecule has 0 saturated heterocycles. The number of nitrogens with zero attached hydrogens (tertiary/aromatic N) is 2. The lowest BCUT2D eigenvalue weighted by Gasteiger charge is -2.26. The fourth-order valence-corrected chi connectivity index (χ4v) is 4.36. The number of nitrogens with one attached hydrogen (secondary N) is 1. The van der Waals surface area contributed by atoms with Crippen molar-refractivity contribution in [1.29, 1.82) is 0 Å². The Bertz CT molecular complexity index is 1050. The number of aromatic nitrogens is 2. The summed E-state index contributed by atoms with van der Waals surface area (Å²) in [5.41, 5.74) is 1.59. The maximum Gasteiger partial charge on any atom is 0.262 e. The second-order valence-corrected chi connectivity index (χ2v) is 7.27. The molecule has 1 unspecified atom stereocenters. The molecule has 134 valence electrons. The third-order valence-corrected chi connectivity index (χ3v) is 5.93. The molecule has 1 amide bonds. The predicted octanol–water partition coefficient (Wildman–Crippen LogP) is 3.04. The smallest absolute Gasteiger partial charge is 0.262 e. The van der Waals surface area contributed by atoms with Gasteiger partial charge in [0.1, 0.15) is 10.6 Å². The first-order chi connectivity index (χ1) is 12.6. The maximum absolute atomic E-state index is 12.9. The van der Waals surface area contributed by atoms with Gasteiger partial charge in [-0.05, 0) is 25.5 Å². The molecule has 6 nitrogen and oxygen atoms in total. The number of fused-ring (bicyclic) bond motifs is 2. The lowest BCUT2D eigenvalue weighted by atomic mass is 10.0. The molecular weight excluding hydrogens is 350 g/mol. The van der Waals surface area contributed by atoms with Crippen molar-refractivity contribution >= 4 is 27.5 Å². The van der Waals surface area contributed by atoms with Crippen molar-refractivity contribution in [1.82, 2.24) is 14.9 Å². The monoisotopic (exact) mass is 369 g/mol. The zero-order valence-electron chi connectivity index (χ0n) is 14.6. The highest BCUT2D eigenvalue weighted by atomic mass is 32.1. The highest BCUT2D eigenvalue weighted by Crippen LogP contribution is 2.33. The second kappa shape index (κ2) is 6.57. The Morgan fingerprint density at radius 2 is 2.23 bits per heavy atom. The van der Waals surface area contributed by atoms with Crippen LogP contribution in [0.2, 0.25) is 0 Å². The van der Waals surface area contributed by atoms with E-state index in [2.05, 4.69) is 10.3 Å². The summed E-state index contributed by atoms with van der Waals surface area (Å²) in [7, 11) is 0. The van der Waals surface area contributed by atoms with Gasteiger partial charge in [0.05, 0.1) is 29.2 Å². The van der Waals surface area contributed by atoms with Crippen molar-refractivity contribution in [2.75, 3.05) is 6.61 Å². The van der Waals surface area contributed by atoms with Gasteiger partial charge in [-0.25, -0.2) is 4.98 Å². The number of amides is 1. The normalized spacial score (nSPS) is 16.2. The number of benzene rings is 1. The topological polar surface area (TPSA) is 73.2 Å². The Morgan fingerprint density at radius 1 is 1.42 bits per heavy atom. The standard InChI is InChI=1S/C19H19N3O3S/c1-3-22-10-20-18-15(19(22)24)11(2)16(26-18)17(23)21-13-8-9-25-14-7-5-4-6-12(13)14/h4-7,10,13H,3,8-9H2,1-2H3,(H,21,23). The van der Waals surface area contributed by atoms with Gasteiger partial charge in [-0.15, -0.1) is 11.3 Å². The predicted molar refractivity (Wildman–Crippen MR) is 101 cm³/mol. The molecule has 3 heterocycles. The first-order valence-corrected chi connectivity index (χ1v) is 9.43. The summed E-state index contributed by atoms with van der Waals surface area (Å²) in [5, 5.41) is 3.63. The van der Waals surface area contributed by atoms with Crippen LogP contribution in [0.25, 0.3) is 10.2 Å². The quantitative estimate of drug-likeness (QED) is 0.770. The van der Waals surface area contributed by atoms with E-state index in [9.17, 15) is 9.59 Å². The zero-order chi connectivity index (χ0) is 18.3. The van der Waals surface area contributed by atoms with Crippen LogP contribution < -0.4 is 15.6 Å². The van der Waals surface area contributed by atoms with E-state index in [-0.39, 0.29) is 17.5 Å². The minimum Gasteiger partial charge on any atom is -0.493 e. The van der Waals surface area contributed by atoms with Gasteiger partial charge < -0.3 is 10.1 Å². The number of ether oxygens (including phenoxy) is 1. The molecule has 1 atom stereocenters. The molecule has 0 bridgehead atoms. The van der Waals surface area contributed by atoms with Gasteiger partial charge in [-0.2, -0.15) is 0 Å². The third kappa shape index (κ3) is 2.68. The summed E-state index contributed by atoms with van der Waals surface area (Å²) < 4.78 is 7.21. The molecule has 1 aliphatic heterocycles. The SMILES string of the molecule is CCn1cnc2sc(C(=O)NC3CCOc4ccccc43)c(C)c2c1=O. The van der Waals surface area contributed by atoms with Crippen LogP contribution >= 0.6 is 11.3 Å². The van der Waals surface area contributed by atoms with Crippen molar-refractivity contribution < 1.29 is 9.53 Å². The molecule has 26 heavy (non-hydrogen) atoms. The molecular formula is C19H19N3O3S. The van der Waals surface area contributed by atoms with Crippen molar-refractivity contribution in [2.45, 2.75) is 32.9 Å². The van der Waals surface area contributed by atoms with Crippen LogP contribution in [0, 0.1) is 6.92 Å². The Hall–Kier alpha value is -2.67. The van der Waals surface area contributed by atoms with Crippen molar-refractivity contribution in [3.05, 3.63) is 57.0 Å². The lowest BCUT2D eigenvalue weighted by molar-refractivity contribution is 0.0928. The molecule has 1 N–H and O–H groups in total. The van der Waals surface area contributed by atoms with E-state index in [1.165, 1.54) is 17.7 Å². The number of carbonyl (C=O) groups excluding carboxylic acids is 1. The van der Waals surface area contributed by atoms with Crippen molar-refractivity contribution in [3.63, 3.8) is 0 Å². The molecule has 0 aliphatic carbocycles. The largest absolute Gasteiger partial charge is 0.493 e. The zero-order valence-corrected chi connectivity index (χ0v) is 15.4. The number of carbonyl (C=O) groups is 1. The van der Waals surface area contributed by atoms with Gasteiger partial charge in [-0.1, -0.05) is 18.2 Å². The molecule has 1 aliphatic rings. The van der Waals surface area contributed by atoms with Crippen LogP contribution in [0.5, 0.6) is 5.75 Å². The summed E-state index contributed by atoms with van der Waals surface area (Å²) in [6.07, 6.45) is 2.25. The molecule has 0 radical (unpaired) electrons. The highest BCUT2D eigenvalue weighted by Gasteiger charge is 2.25. The Balaban J connectivity index is 1.69. The van der Waals surface area contributed by atoms with E-state index >= 15 is 0 Å². The van der Waals surface area contributed by atoms with Gasteiger partial charge in [0.25, 0.3) is 11.5 Å². The number of aryl methyl sites for hydroxylation is 2. The van der Waals surface area contributed by atoms with E-state index in [1.807, 2.05) is 38.1 Å². The number of hydrogen-bond acceptors (Lipinski definition) is 5. The minimum atomic E-state index is -0.172. The Kier molecular flexibility index (Phi) is 4.24. The van der Waals surface area contributed by atoms with E-state index < -0.39 is 0 Å². The lowest BCUT2D eigenvalue weighted by Crippen LogP contribution is -2.32. The van der Waals surface area contributed by atoms with Crippen LogP contribution in [0.4, 0.5) is 0 Å². The molecule has 0 fully saturated rings. The molecule has 4 rings (SSSR count). The maximum atomic E-state index is 12.9. The number of thiophene rings is 1. The van der Waals surface area contributed by atoms with Gasteiger partial charge in [0.15, 0.2) is 0 Å². The van der Waals surface area contributed by atoms with Crippen LogP contribution in [-0.2, 0) is 6.54 Å². The van der Waals surface area contributed by atoms with Crippen LogP contribution in [0.1, 0.15) is 40.2 Å². The Labute approximate surface area is 154 Å². The molecule has 3 aromatic rings. The van der Waals surface area contributed by atoms with Crippen LogP contribution in [0.15, 0.2) is 35.4 Å². The van der Waals surface area contributed by atoms with E-state index in [4.69, 9.17) is 4.74 Å². The molecule has 0 spiro atoms. The number of hydrogen-bond donors (Lipinski definition) is 1. The van der Waals surface area contributed by atoms with Gasteiger partial charge in [0.2, 0.25) is 0 Å². The first-order valence-electron chi connectivity index (χ1n) is 8.61. The minimum absolute atomic E-state index is 0.0956. The summed E-state index contributed by atoms with van der Waals surface area (Å²) in [4.78, 5) is 30.9. The fourth-order valence-electron chi connectivity index (χ4n) is 3.32. The van der Waals surface area contributed by atoms with Crippen molar-refractivity contribution in [3.8, 4) is 5.75 Å². The second-order valence-electron chi connectivity index (χ2n) is 6.27. The van der Waals surface area contributed by atoms with Crippen molar-refractivity contribution in [2.24, 2.45) is 0 Å². The van der Waals surface area contributed by atoms with Gasteiger partial charge in [0, 0.05) is 18.5 Å². The Morgan fingerprint density at radius 3 is 3.04 bits per heavy atom.